The summed E-state index contributed by atoms with van der Waals surface area (Å²) in [7, 11) is 0. The lowest BCUT2D eigenvalue weighted by atomic mass is 9.86. The zero-order valence-electron chi connectivity index (χ0n) is 16.0. The maximum atomic E-state index is 12.5. The Hall–Kier alpha value is -1.55. The van der Waals surface area contributed by atoms with E-state index < -0.39 is 5.60 Å². The third-order valence-corrected chi connectivity index (χ3v) is 4.27. The highest BCUT2D eigenvalue weighted by Crippen LogP contribution is 2.23. The molecule has 1 saturated heterocycles. The molecule has 0 radical (unpaired) electrons. The van der Waals surface area contributed by atoms with Crippen LogP contribution in [-0.2, 0) is 16.6 Å². The normalized spacial score (nSPS) is 19.2. The molecule has 134 valence electrons. The van der Waals surface area contributed by atoms with Gasteiger partial charge in [0.2, 0.25) is 0 Å². The fraction of sp³-hybridized carbons (Fsp3) is 0.650. The van der Waals surface area contributed by atoms with Crippen molar-refractivity contribution in [3.05, 3.63) is 35.4 Å². The molecular formula is C20H32N2O2. The van der Waals surface area contributed by atoms with E-state index in [-0.39, 0.29) is 17.6 Å². The number of rotatable bonds is 2. The number of hydrogen-bond donors (Lipinski definition) is 1. The number of hydrogen-bond acceptors (Lipinski definition) is 3. The predicted octanol–water partition coefficient (Wildman–Crippen LogP) is 3.74. The average Bonchev–Trinajstić information content (AvgIpc) is 2.45. The minimum atomic E-state index is -0.457. The van der Waals surface area contributed by atoms with Gasteiger partial charge in [-0.05, 0) is 43.7 Å². The average molecular weight is 332 g/mol. The summed E-state index contributed by atoms with van der Waals surface area (Å²) >= 11 is 0. The number of amides is 1. The van der Waals surface area contributed by atoms with Crippen LogP contribution in [0.3, 0.4) is 0 Å². The Bertz CT molecular complexity index is 552. The van der Waals surface area contributed by atoms with E-state index in [9.17, 15) is 4.79 Å². The summed E-state index contributed by atoms with van der Waals surface area (Å²) in [6.07, 6.45) is 0.636. The Balaban J connectivity index is 2.07. The van der Waals surface area contributed by atoms with Gasteiger partial charge >= 0.3 is 6.09 Å². The summed E-state index contributed by atoms with van der Waals surface area (Å²) < 4.78 is 5.57. The molecule has 2 rings (SSSR count). The molecule has 24 heavy (non-hydrogen) atoms. The lowest BCUT2D eigenvalue weighted by Gasteiger charge is -2.37. The quantitative estimate of drug-likeness (QED) is 0.897. The Morgan fingerprint density at radius 3 is 2.33 bits per heavy atom. The second-order valence-corrected chi connectivity index (χ2v) is 8.68. The summed E-state index contributed by atoms with van der Waals surface area (Å²) in [5, 5.41) is 3.39. The van der Waals surface area contributed by atoms with Crippen molar-refractivity contribution in [2.45, 2.75) is 65.0 Å². The molecule has 1 aromatic carbocycles. The maximum Gasteiger partial charge on any atom is 0.410 e. The number of benzene rings is 1. The molecule has 1 atom stereocenters. The van der Waals surface area contributed by atoms with E-state index in [1.807, 2.05) is 25.7 Å². The Kier molecular flexibility index (Phi) is 5.59. The van der Waals surface area contributed by atoms with Crippen molar-refractivity contribution >= 4 is 6.09 Å². The van der Waals surface area contributed by atoms with Crippen molar-refractivity contribution in [2.24, 2.45) is 0 Å². The van der Waals surface area contributed by atoms with E-state index in [1.54, 1.807) is 0 Å². The van der Waals surface area contributed by atoms with E-state index in [0.717, 1.165) is 19.5 Å². The van der Waals surface area contributed by atoms with E-state index >= 15 is 0 Å². The SMILES string of the molecule is CC(C)(C)OC(=O)N1CCNC[C@H]1Cc1ccc(C(C)(C)C)cc1. The van der Waals surface area contributed by atoms with Crippen molar-refractivity contribution in [3.63, 3.8) is 0 Å². The zero-order valence-corrected chi connectivity index (χ0v) is 16.0. The van der Waals surface area contributed by atoms with Gasteiger partial charge in [0.25, 0.3) is 0 Å². The largest absolute Gasteiger partial charge is 0.444 e. The van der Waals surface area contributed by atoms with E-state index in [4.69, 9.17) is 4.74 Å². The molecule has 4 nitrogen and oxygen atoms in total. The third-order valence-electron chi connectivity index (χ3n) is 4.27. The first kappa shape index (κ1) is 18.8. The second kappa shape index (κ2) is 7.14. The van der Waals surface area contributed by atoms with Crippen LogP contribution >= 0.6 is 0 Å². The van der Waals surface area contributed by atoms with Gasteiger partial charge in [-0.3, -0.25) is 0 Å². The summed E-state index contributed by atoms with van der Waals surface area (Å²) in [4.78, 5) is 14.4. The summed E-state index contributed by atoms with van der Waals surface area (Å²) in [6, 6.07) is 8.90. The molecule has 1 aliphatic rings. The Labute approximate surface area is 146 Å². The van der Waals surface area contributed by atoms with Gasteiger partial charge in [-0.1, -0.05) is 45.0 Å². The standard InChI is InChI=1S/C20H32N2O2/c1-19(2,3)16-9-7-15(8-10-16)13-17-14-21-11-12-22(17)18(23)24-20(4,5)6/h7-10,17,21H,11-14H2,1-6H3/t17-/m1/s1. The summed E-state index contributed by atoms with van der Waals surface area (Å²) in [5.74, 6) is 0. The first-order valence-electron chi connectivity index (χ1n) is 8.86. The molecule has 0 aromatic heterocycles. The lowest BCUT2D eigenvalue weighted by molar-refractivity contribution is 0.0122. The smallest absolute Gasteiger partial charge is 0.410 e. The number of carbonyl (C=O) groups is 1. The van der Waals surface area contributed by atoms with E-state index in [1.165, 1.54) is 11.1 Å². The molecule has 0 aliphatic carbocycles. The van der Waals surface area contributed by atoms with Gasteiger partial charge in [0.15, 0.2) is 0 Å². The minimum absolute atomic E-state index is 0.133. The van der Waals surface area contributed by atoms with Crippen molar-refractivity contribution in [2.75, 3.05) is 19.6 Å². The van der Waals surface area contributed by atoms with Crippen LogP contribution in [0.4, 0.5) is 4.79 Å². The molecule has 1 fully saturated rings. The van der Waals surface area contributed by atoms with Gasteiger partial charge < -0.3 is 15.0 Å². The molecule has 1 amide bonds. The van der Waals surface area contributed by atoms with Crippen LogP contribution in [0.15, 0.2) is 24.3 Å². The van der Waals surface area contributed by atoms with Gasteiger partial charge in [-0.2, -0.15) is 0 Å². The van der Waals surface area contributed by atoms with E-state index in [2.05, 4.69) is 50.4 Å². The molecule has 1 aliphatic heterocycles. The monoisotopic (exact) mass is 332 g/mol. The fourth-order valence-electron chi connectivity index (χ4n) is 2.92. The highest BCUT2D eigenvalue weighted by molar-refractivity contribution is 5.68. The zero-order chi connectivity index (χ0) is 18.0. The highest BCUT2D eigenvalue weighted by Gasteiger charge is 2.30. The molecule has 0 saturated carbocycles. The number of piperazine rings is 1. The topological polar surface area (TPSA) is 41.6 Å². The minimum Gasteiger partial charge on any atom is -0.444 e. The van der Waals surface area contributed by atoms with Crippen LogP contribution in [0.5, 0.6) is 0 Å². The van der Waals surface area contributed by atoms with Crippen LogP contribution in [-0.4, -0.2) is 42.3 Å². The van der Waals surface area contributed by atoms with Gasteiger partial charge in [0, 0.05) is 19.6 Å². The van der Waals surface area contributed by atoms with Crippen LogP contribution in [0.1, 0.15) is 52.7 Å². The van der Waals surface area contributed by atoms with Gasteiger partial charge in [0.1, 0.15) is 5.60 Å². The van der Waals surface area contributed by atoms with Crippen molar-refractivity contribution in [3.8, 4) is 0 Å². The van der Waals surface area contributed by atoms with Crippen LogP contribution in [0.25, 0.3) is 0 Å². The van der Waals surface area contributed by atoms with Gasteiger partial charge in [-0.15, -0.1) is 0 Å². The van der Waals surface area contributed by atoms with Crippen LogP contribution < -0.4 is 5.32 Å². The maximum absolute atomic E-state index is 12.5. The summed E-state index contributed by atoms with van der Waals surface area (Å²) in [6.45, 7) is 14.7. The molecule has 0 spiro atoms. The first-order valence-corrected chi connectivity index (χ1v) is 8.86. The first-order chi connectivity index (χ1) is 11.1. The molecule has 1 aromatic rings. The number of nitrogens with one attached hydrogen (secondary N) is 1. The van der Waals surface area contributed by atoms with Gasteiger partial charge in [0.05, 0.1) is 6.04 Å². The number of ether oxygens (including phenoxy) is 1. The van der Waals surface area contributed by atoms with Crippen molar-refractivity contribution < 1.29 is 9.53 Å². The molecular weight excluding hydrogens is 300 g/mol. The molecule has 0 unspecified atom stereocenters. The molecule has 1 heterocycles. The Morgan fingerprint density at radius 2 is 1.79 bits per heavy atom. The molecule has 1 N–H and O–H groups in total. The number of carbonyl (C=O) groups excluding carboxylic acids is 1. The third kappa shape index (κ3) is 5.23. The van der Waals surface area contributed by atoms with Gasteiger partial charge in [-0.25, -0.2) is 4.79 Å². The number of nitrogens with zero attached hydrogens (tertiary/aromatic N) is 1. The second-order valence-electron chi connectivity index (χ2n) is 8.68. The van der Waals surface area contributed by atoms with Crippen LogP contribution in [0, 0.1) is 0 Å². The predicted molar refractivity (Wildman–Crippen MR) is 98.4 cm³/mol. The van der Waals surface area contributed by atoms with E-state index in [0.29, 0.717) is 6.54 Å². The van der Waals surface area contributed by atoms with Crippen molar-refractivity contribution in [1.29, 1.82) is 0 Å². The summed E-state index contributed by atoms with van der Waals surface area (Å²) in [5.41, 5.74) is 2.29. The molecule has 0 bridgehead atoms. The fourth-order valence-corrected chi connectivity index (χ4v) is 2.92. The highest BCUT2D eigenvalue weighted by atomic mass is 16.6. The van der Waals surface area contributed by atoms with Crippen molar-refractivity contribution in [1.82, 2.24) is 10.2 Å². The Morgan fingerprint density at radius 1 is 1.17 bits per heavy atom. The molecule has 4 heteroatoms. The lowest BCUT2D eigenvalue weighted by Crippen LogP contribution is -2.55. The van der Waals surface area contributed by atoms with Crippen LogP contribution in [0.2, 0.25) is 0 Å².